The second-order valence-electron chi connectivity index (χ2n) is 3.95. The standard InChI is InChI=1S/C9H18F2O/c1-4-7(6-12)5-9(2,3)8(10)11/h7-8,12H,4-6H2,1-3H3. The van der Waals surface area contributed by atoms with E-state index in [4.69, 9.17) is 5.11 Å². The van der Waals surface area contributed by atoms with Crippen LogP contribution in [0.2, 0.25) is 0 Å². The summed E-state index contributed by atoms with van der Waals surface area (Å²) in [7, 11) is 0. The quantitative estimate of drug-likeness (QED) is 0.689. The topological polar surface area (TPSA) is 20.2 Å². The Hall–Kier alpha value is -0.180. The van der Waals surface area contributed by atoms with Gasteiger partial charge in [-0.15, -0.1) is 0 Å². The van der Waals surface area contributed by atoms with Crippen molar-refractivity contribution in [2.45, 2.75) is 40.0 Å². The maximum atomic E-state index is 12.4. The van der Waals surface area contributed by atoms with E-state index in [2.05, 4.69) is 0 Å². The first-order chi connectivity index (χ1) is 5.44. The van der Waals surface area contributed by atoms with Crippen LogP contribution >= 0.6 is 0 Å². The number of hydrogen-bond acceptors (Lipinski definition) is 1. The van der Waals surface area contributed by atoms with Gasteiger partial charge < -0.3 is 5.11 Å². The van der Waals surface area contributed by atoms with Crippen molar-refractivity contribution in [1.29, 1.82) is 0 Å². The Labute approximate surface area is 72.8 Å². The molecule has 0 radical (unpaired) electrons. The Balaban J connectivity index is 4.02. The average Bonchev–Trinajstić information content (AvgIpc) is 2.00. The molecule has 0 saturated carbocycles. The molecule has 0 saturated heterocycles. The molecule has 0 aliphatic heterocycles. The van der Waals surface area contributed by atoms with E-state index < -0.39 is 11.8 Å². The Morgan fingerprint density at radius 2 is 1.83 bits per heavy atom. The Morgan fingerprint density at radius 1 is 1.33 bits per heavy atom. The number of halogens is 2. The summed E-state index contributed by atoms with van der Waals surface area (Å²) in [6, 6.07) is 0. The first kappa shape index (κ1) is 11.8. The third kappa shape index (κ3) is 3.48. The van der Waals surface area contributed by atoms with Crippen molar-refractivity contribution in [3.05, 3.63) is 0 Å². The molecule has 1 atom stereocenters. The van der Waals surface area contributed by atoms with Crippen LogP contribution in [0.25, 0.3) is 0 Å². The highest BCUT2D eigenvalue weighted by atomic mass is 19.3. The minimum absolute atomic E-state index is 0.00660. The molecule has 12 heavy (non-hydrogen) atoms. The summed E-state index contributed by atoms with van der Waals surface area (Å²) in [5.74, 6) is 0.00833. The van der Waals surface area contributed by atoms with Crippen LogP contribution in [0.15, 0.2) is 0 Å². The largest absolute Gasteiger partial charge is 0.396 e. The van der Waals surface area contributed by atoms with Crippen molar-refractivity contribution in [2.24, 2.45) is 11.3 Å². The van der Waals surface area contributed by atoms with Gasteiger partial charge in [0.15, 0.2) is 0 Å². The molecule has 3 heteroatoms. The van der Waals surface area contributed by atoms with Gasteiger partial charge >= 0.3 is 0 Å². The lowest BCUT2D eigenvalue weighted by Gasteiger charge is -2.27. The summed E-state index contributed by atoms with van der Waals surface area (Å²) in [6.07, 6.45) is -1.16. The molecule has 1 unspecified atom stereocenters. The van der Waals surface area contributed by atoms with Crippen LogP contribution in [0.1, 0.15) is 33.6 Å². The van der Waals surface area contributed by atoms with E-state index in [9.17, 15) is 8.78 Å². The maximum absolute atomic E-state index is 12.4. The third-order valence-electron chi connectivity index (χ3n) is 2.24. The monoisotopic (exact) mass is 180 g/mol. The zero-order chi connectivity index (χ0) is 9.78. The van der Waals surface area contributed by atoms with Gasteiger partial charge in [0.05, 0.1) is 0 Å². The Bertz CT molecular complexity index is 120. The summed E-state index contributed by atoms with van der Waals surface area (Å²) < 4.78 is 24.7. The van der Waals surface area contributed by atoms with Crippen molar-refractivity contribution in [1.82, 2.24) is 0 Å². The molecule has 0 aromatic carbocycles. The van der Waals surface area contributed by atoms with E-state index in [-0.39, 0.29) is 12.5 Å². The maximum Gasteiger partial charge on any atom is 0.243 e. The fourth-order valence-corrected chi connectivity index (χ4v) is 1.17. The lowest BCUT2D eigenvalue weighted by Crippen LogP contribution is -2.26. The van der Waals surface area contributed by atoms with E-state index >= 15 is 0 Å². The van der Waals surface area contributed by atoms with E-state index in [0.29, 0.717) is 6.42 Å². The highest BCUT2D eigenvalue weighted by Gasteiger charge is 2.31. The minimum atomic E-state index is -2.31. The smallest absolute Gasteiger partial charge is 0.243 e. The first-order valence-electron chi connectivity index (χ1n) is 4.33. The van der Waals surface area contributed by atoms with Crippen LogP contribution in [0.4, 0.5) is 8.78 Å². The number of aliphatic hydroxyl groups is 1. The van der Waals surface area contributed by atoms with Crippen LogP contribution in [-0.2, 0) is 0 Å². The molecule has 0 aromatic heterocycles. The molecular weight excluding hydrogens is 162 g/mol. The summed E-state index contributed by atoms with van der Waals surface area (Å²) >= 11 is 0. The molecular formula is C9H18F2O. The molecule has 1 nitrogen and oxygen atoms in total. The molecule has 0 fully saturated rings. The molecule has 0 rings (SSSR count). The normalized spacial score (nSPS) is 15.2. The number of alkyl halides is 2. The predicted molar refractivity (Wildman–Crippen MR) is 45.3 cm³/mol. The number of aliphatic hydroxyl groups excluding tert-OH is 1. The molecule has 0 heterocycles. The molecule has 74 valence electrons. The van der Waals surface area contributed by atoms with Gasteiger partial charge in [-0.1, -0.05) is 27.2 Å². The van der Waals surface area contributed by atoms with Crippen LogP contribution < -0.4 is 0 Å². The van der Waals surface area contributed by atoms with Gasteiger partial charge in [0.25, 0.3) is 0 Å². The van der Waals surface area contributed by atoms with Crippen LogP contribution in [0, 0.1) is 11.3 Å². The summed E-state index contributed by atoms with van der Waals surface area (Å²) in [5, 5.41) is 8.83. The van der Waals surface area contributed by atoms with Crippen LogP contribution in [0.3, 0.4) is 0 Å². The van der Waals surface area contributed by atoms with E-state index in [0.717, 1.165) is 6.42 Å². The summed E-state index contributed by atoms with van der Waals surface area (Å²) in [6.45, 7) is 4.99. The molecule has 0 bridgehead atoms. The van der Waals surface area contributed by atoms with Crippen molar-refractivity contribution in [3.8, 4) is 0 Å². The van der Waals surface area contributed by atoms with Gasteiger partial charge in [-0.05, 0) is 12.3 Å². The molecule has 0 amide bonds. The van der Waals surface area contributed by atoms with Gasteiger partial charge in [0, 0.05) is 12.0 Å². The fraction of sp³-hybridized carbons (Fsp3) is 1.00. The van der Waals surface area contributed by atoms with Gasteiger partial charge in [0.1, 0.15) is 0 Å². The van der Waals surface area contributed by atoms with Crippen molar-refractivity contribution in [3.63, 3.8) is 0 Å². The van der Waals surface area contributed by atoms with Crippen molar-refractivity contribution in [2.75, 3.05) is 6.61 Å². The summed E-state index contributed by atoms with van der Waals surface area (Å²) in [4.78, 5) is 0. The lowest BCUT2D eigenvalue weighted by atomic mass is 9.82. The minimum Gasteiger partial charge on any atom is -0.396 e. The second kappa shape index (κ2) is 4.75. The number of rotatable bonds is 5. The molecule has 0 spiro atoms. The van der Waals surface area contributed by atoms with Crippen LogP contribution in [-0.4, -0.2) is 18.1 Å². The highest BCUT2D eigenvalue weighted by Crippen LogP contribution is 2.33. The fourth-order valence-electron chi connectivity index (χ4n) is 1.17. The third-order valence-corrected chi connectivity index (χ3v) is 2.24. The average molecular weight is 180 g/mol. The number of hydrogen-bond donors (Lipinski definition) is 1. The second-order valence-corrected chi connectivity index (χ2v) is 3.95. The van der Waals surface area contributed by atoms with E-state index in [1.54, 1.807) is 0 Å². The first-order valence-corrected chi connectivity index (χ1v) is 4.33. The Morgan fingerprint density at radius 3 is 2.08 bits per heavy atom. The molecule has 1 N–H and O–H groups in total. The molecule has 0 aromatic rings. The highest BCUT2D eigenvalue weighted by molar-refractivity contribution is 4.74. The summed E-state index contributed by atoms with van der Waals surface area (Å²) in [5.41, 5.74) is -0.969. The van der Waals surface area contributed by atoms with E-state index in [1.807, 2.05) is 6.92 Å². The van der Waals surface area contributed by atoms with Crippen molar-refractivity contribution >= 4 is 0 Å². The predicted octanol–water partition coefficient (Wildman–Crippen LogP) is 2.69. The molecule has 0 aliphatic carbocycles. The zero-order valence-electron chi connectivity index (χ0n) is 7.98. The lowest BCUT2D eigenvalue weighted by molar-refractivity contribution is -0.00302. The van der Waals surface area contributed by atoms with Gasteiger partial charge in [0.2, 0.25) is 6.43 Å². The molecule has 0 aliphatic rings. The van der Waals surface area contributed by atoms with Crippen LogP contribution in [0.5, 0.6) is 0 Å². The SMILES string of the molecule is CCC(CO)CC(C)(C)C(F)F. The van der Waals surface area contributed by atoms with Gasteiger partial charge in [-0.25, -0.2) is 8.78 Å². The van der Waals surface area contributed by atoms with E-state index in [1.165, 1.54) is 13.8 Å². The van der Waals surface area contributed by atoms with Gasteiger partial charge in [-0.3, -0.25) is 0 Å². The van der Waals surface area contributed by atoms with Crippen molar-refractivity contribution < 1.29 is 13.9 Å². The Kier molecular flexibility index (Phi) is 4.68. The van der Waals surface area contributed by atoms with Gasteiger partial charge in [-0.2, -0.15) is 0 Å². The zero-order valence-corrected chi connectivity index (χ0v) is 7.98.